The summed E-state index contributed by atoms with van der Waals surface area (Å²) in [6.45, 7) is 2.71. The molecule has 2 N–H and O–H groups in total. The second kappa shape index (κ2) is 17.2. The fourth-order valence-electron chi connectivity index (χ4n) is 3.49. The Morgan fingerprint density at radius 3 is 1.56 bits per heavy atom. The van der Waals surface area contributed by atoms with E-state index < -0.39 is 5.97 Å². The van der Waals surface area contributed by atoms with Gasteiger partial charge >= 0.3 is 11.9 Å². The average Bonchev–Trinajstić information content (AvgIpc) is 2.64. The molecule has 1 unspecified atom stereocenters. The summed E-state index contributed by atoms with van der Waals surface area (Å²) in [5, 5.41) is 18.0. The number of carbonyl (C=O) groups is 2. The highest BCUT2D eigenvalue weighted by Gasteiger charge is 2.30. The molecule has 0 aromatic heterocycles. The lowest BCUT2D eigenvalue weighted by Gasteiger charge is -2.30. The maximum Gasteiger partial charge on any atom is 0.313 e. The molecule has 1 amide bonds. The lowest BCUT2D eigenvalue weighted by Crippen LogP contribution is -2.52. The van der Waals surface area contributed by atoms with Crippen molar-refractivity contribution >= 4 is 11.9 Å². The van der Waals surface area contributed by atoms with Gasteiger partial charge in [-0.05, 0) is 6.42 Å². The van der Waals surface area contributed by atoms with E-state index in [0.717, 1.165) is 12.8 Å². The first-order chi connectivity index (χ1) is 13.0. The zero-order valence-electron chi connectivity index (χ0n) is 17.9. The van der Waals surface area contributed by atoms with Crippen LogP contribution in [0.3, 0.4) is 0 Å². The Bertz CT molecular complexity index is 387. The molecular formula is C22H44NO4+. The Labute approximate surface area is 166 Å². The van der Waals surface area contributed by atoms with Crippen molar-refractivity contribution in [3.63, 3.8) is 0 Å². The van der Waals surface area contributed by atoms with E-state index in [1.54, 1.807) is 7.05 Å². The normalized spacial score (nSPS) is 13.4. The van der Waals surface area contributed by atoms with Crippen LogP contribution in [-0.4, -0.2) is 53.3 Å². The van der Waals surface area contributed by atoms with Crippen LogP contribution in [0.15, 0.2) is 0 Å². The van der Waals surface area contributed by atoms with Crippen molar-refractivity contribution < 1.29 is 24.3 Å². The minimum Gasteiger partial charge on any atom is -0.481 e. The molecule has 0 fully saturated rings. The summed E-state index contributed by atoms with van der Waals surface area (Å²) < 4.78 is 0.0288. The molecule has 27 heavy (non-hydrogen) atoms. The number of nitrogens with zero attached hydrogens (tertiary/aromatic N) is 1. The fraction of sp³-hybridized carbons (Fsp3) is 0.909. The molecule has 5 heteroatoms. The van der Waals surface area contributed by atoms with Gasteiger partial charge in [0.2, 0.25) is 0 Å². The zero-order chi connectivity index (χ0) is 20.4. The number of unbranched alkanes of at least 4 members (excludes halogenated alkanes) is 12. The van der Waals surface area contributed by atoms with Crippen molar-refractivity contribution in [3.8, 4) is 0 Å². The Morgan fingerprint density at radius 2 is 1.15 bits per heavy atom. The molecule has 0 radical (unpaired) electrons. The van der Waals surface area contributed by atoms with Gasteiger partial charge in [0.25, 0.3) is 0 Å². The van der Waals surface area contributed by atoms with E-state index in [0.29, 0.717) is 13.0 Å². The van der Waals surface area contributed by atoms with Crippen LogP contribution in [-0.2, 0) is 9.59 Å². The first kappa shape index (κ1) is 26.1. The number of quaternary nitrogens is 1. The summed E-state index contributed by atoms with van der Waals surface area (Å²) in [5.74, 6) is -0.848. The molecule has 1 atom stereocenters. The second-order valence-corrected chi connectivity index (χ2v) is 8.10. The monoisotopic (exact) mass is 386 g/mol. The number of likely N-dealkylation sites (N-methyl/N-ethyl adjacent to an activating group) is 1. The van der Waals surface area contributed by atoms with Gasteiger partial charge in [0.1, 0.15) is 6.54 Å². The molecule has 0 aliphatic rings. The molecule has 0 rings (SSSR count). The minimum atomic E-state index is -0.897. The number of rotatable bonds is 19. The van der Waals surface area contributed by atoms with Crippen molar-refractivity contribution in [3.05, 3.63) is 0 Å². The van der Waals surface area contributed by atoms with E-state index in [1.807, 2.05) is 0 Å². The Balaban J connectivity index is 3.66. The van der Waals surface area contributed by atoms with Crippen LogP contribution in [0.2, 0.25) is 0 Å². The topological polar surface area (TPSA) is 74.6 Å². The number of aliphatic hydroxyl groups is 1. The third-order valence-corrected chi connectivity index (χ3v) is 5.51. The molecule has 0 spiro atoms. The maximum atomic E-state index is 12.4. The van der Waals surface area contributed by atoms with Gasteiger partial charge in [-0.15, -0.1) is 0 Å². The highest BCUT2D eigenvalue weighted by atomic mass is 16.4. The fourth-order valence-corrected chi connectivity index (χ4v) is 3.49. The van der Waals surface area contributed by atoms with Crippen LogP contribution in [0, 0.1) is 0 Å². The average molecular weight is 387 g/mol. The molecule has 0 aliphatic carbocycles. The summed E-state index contributed by atoms with van der Waals surface area (Å²) in [6.07, 6.45) is 17.0. The largest absolute Gasteiger partial charge is 0.481 e. The van der Waals surface area contributed by atoms with E-state index in [1.165, 1.54) is 70.6 Å². The van der Waals surface area contributed by atoms with Crippen LogP contribution in [0.5, 0.6) is 0 Å². The first-order valence-electron chi connectivity index (χ1n) is 11.2. The number of carbonyl (C=O) groups excluding carboxylic acids is 1. The molecule has 0 aromatic rings. The predicted molar refractivity (Wildman–Crippen MR) is 111 cm³/mol. The molecular weight excluding hydrogens is 342 g/mol. The highest BCUT2D eigenvalue weighted by Crippen LogP contribution is 2.15. The number of aliphatic hydroxyl groups excluding tert-OH is 1. The third kappa shape index (κ3) is 14.7. The summed E-state index contributed by atoms with van der Waals surface area (Å²) in [7, 11) is 1.74. The van der Waals surface area contributed by atoms with Crippen LogP contribution in [0.1, 0.15) is 103 Å². The summed E-state index contributed by atoms with van der Waals surface area (Å²) in [4.78, 5) is 23.2. The van der Waals surface area contributed by atoms with Gasteiger partial charge in [-0.3, -0.25) is 9.28 Å². The quantitative estimate of drug-likeness (QED) is 0.244. The lowest BCUT2D eigenvalue weighted by atomic mass is 10.0. The summed E-state index contributed by atoms with van der Waals surface area (Å²) in [6, 6.07) is 0. The number of carboxylic acid groups (broad SMARTS) is 1. The van der Waals surface area contributed by atoms with Crippen molar-refractivity contribution in [1.29, 1.82) is 0 Å². The molecule has 160 valence electrons. The zero-order valence-corrected chi connectivity index (χ0v) is 17.9. The first-order valence-corrected chi connectivity index (χ1v) is 11.2. The molecule has 0 aliphatic heterocycles. The molecule has 0 heterocycles. The van der Waals surface area contributed by atoms with E-state index >= 15 is 0 Å². The SMILES string of the molecule is CCCCCCCCCCCCCCCC(=O)[N+](C)(CCO)CCC(=O)O. The molecule has 0 saturated heterocycles. The summed E-state index contributed by atoms with van der Waals surface area (Å²) in [5.41, 5.74) is 0. The molecule has 0 saturated carbocycles. The van der Waals surface area contributed by atoms with Gasteiger partial charge in [-0.1, -0.05) is 84.0 Å². The Hall–Kier alpha value is -0.940. The number of amides is 1. The van der Waals surface area contributed by atoms with Gasteiger partial charge in [-0.25, -0.2) is 4.79 Å². The van der Waals surface area contributed by atoms with E-state index in [9.17, 15) is 14.7 Å². The number of hydrogen-bond donors (Lipinski definition) is 2. The second-order valence-electron chi connectivity index (χ2n) is 8.10. The third-order valence-electron chi connectivity index (χ3n) is 5.51. The minimum absolute atomic E-state index is 0.0288. The van der Waals surface area contributed by atoms with Crippen LogP contribution >= 0.6 is 0 Å². The van der Waals surface area contributed by atoms with Crippen LogP contribution < -0.4 is 0 Å². The van der Waals surface area contributed by atoms with Gasteiger partial charge in [0.05, 0.1) is 33.0 Å². The van der Waals surface area contributed by atoms with E-state index in [-0.39, 0.29) is 30.0 Å². The van der Waals surface area contributed by atoms with Gasteiger partial charge < -0.3 is 10.2 Å². The standard InChI is InChI=1S/C22H43NO4/c1-3-4-5-6-7-8-9-10-11-12-13-14-15-16-21(25)23(2,19-20-24)18-17-22(26)27/h24H,3-20H2,1-2H3/p+1. The predicted octanol–water partition coefficient (Wildman–Crippen LogP) is 4.91. The van der Waals surface area contributed by atoms with Gasteiger partial charge in [-0.2, -0.15) is 0 Å². The highest BCUT2D eigenvalue weighted by molar-refractivity contribution is 5.70. The Kier molecular flexibility index (Phi) is 16.6. The molecule has 0 bridgehead atoms. The number of aliphatic carboxylic acids is 1. The number of hydrogen-bond acceptors (Lipinski definition) is 3. The summed E-state index contributed by atoms with van der Waals surface area (Å²) >= 11 is 0. The lowest BCUT2D eigenvalue weighted by molar-refractivity contribution is -0.834. The molecule has 0 aromatic carbocycles. The van der Waals surface area contributed by atoms with E-state index in [4.69, 9.17) is 5.11 Å². The van der Waals surface area contributed by atoms with Crippen molar-refractivity contribution in [2.75, 3.05) is 26.7 Å². The molecule has 5 nitrogen and oxygen atoms in total. The van der Waals surface area contributed by atoms with Gasteiger partial charge in [0.15, 0.2) is 0 Å². The van der Waals surface area contributed by atoms with Crippen molar-refractivity contribution in [2.45, 2.75) is 103 Å². The maximum absolute atomic E-state index is 12.4. The smallest absolute Gasteiger partial charge is 0.313 e. The van der Waals surface area contributed by atoms with Gasteiger partial charge in [0, 0.05) is 0 Å². The van der Waals surface area contributed by atoms with Crippen LogP contribution in [0.25, 0.3) is 0 Å². The van der Waals surface area contributed by atoms with Crippen molar-refractivity contribution in [2.24, 2.45) is 0 Å². The van der Waals surface area contributed by atoms with E-state index in [2.05, 4.69) is 6.92 Å². The Morgan fingerprint density at radius 1 is 0.704 bits per heavy atom. The van der Waals surface area contributed by atoms with Crippen LogP contribution in [0.4, 0.5) is 0 Å². The number of carboxylic acids is 1. The van der Waals surface area contributed by atoms with Crippen molar-refractivity contribution in [1.82, 2.24) is 0 Å².